The highest BCUT2D eigenvalue weighted by Gasteiger charge is 2.27. The Bertz CT molecular complexity index is 850. The highest BCUT2D eigenvalue weighted by Crippen LogP contribution is 2.31. The predicted molar refractivity (Wildman–Crippen MR) is 105 cm³/mol. The number of carboxylic acids is 1. The van der Waals surface area contributed by atoms with Gasteiger partial charge in [-0.15, -0.1) is 0 Å². The molecule has 0 aliphatic carbocycles. The van der Waals surface area contributed by atoms with Gasteiger partial charge in [-0.2, -0.15) is 0 Å². The van der Waals surface area contributed by atoms with E-state index in [-0.39, 0.29) is 25.0 Å². The smallest absolute Gasteiger partial charge is 0.305 e. The fourth-order valence-electron chi connectivity index (χ4n) is 3.14. The number of carbonyl (C=O) groups is 2. The zero-order valence-corrected chi connectivity index (χ0v) is 15.8. The maximum atomic E-state index is 13.0. The van der Waals surface area contributed by atoms with Crippen molar-refractivity contribution in [3.63, 3.8) is 0 Å². The molecule has 1 aliphatic rings. The molecule has 2 aromatic rings. The predicted octanol–water partition coefficient (Wildman–Crippen LogP) is 2.39. The van der Waals surface area contributed by atoms with E-state index in [4.69, 9.17) is 20.3 Å². The normalized spacial score (nSPS) is 16.1. The van der Waals surface area contributed by atoms with Crippen LogP contribution in [0.4, 0.5) is 0 Å². The molecule has 1 aliphatic heterocycles. The van der Waals surface area contributed by atoms with Crippen LogP contribution in [-0.2, 0) is 4.79 Å². The molecule has 0 saturated carbocycles. The Labute approximate surface area is 163 Å². The second-order valence-corrected chi connectivity index (χ2v) is 6.70. The molecule has 28 heavy (non-hydrogen) atoms. The molecule has 1 unspecified atom stereocenters. The van der Waals surface area contributed by atoms with E-state index >= 15 is 0 Å². The first kappa shape index (κ1) is 19.7. The lowest BCUT2D eigenvalue weighted by Crippen LogP contribution is -2.37. The van der Waals surface area contributed by atoms with Gasteiger partial charge in [-0.3, -0.25) is 9.59 Å². The Morgan fingerprint density at radius 2 is 1.96 bits per heavy atom. The van der Waals surface area contributed by atoms with Crippen molar-refractivity contribution < 1.29 is 24.2 Å². The molecule has 0 bridgehead atoms. The monoisotopic (exact) mass is 384 g/mol. The lowest BCUT2D eigenvalue weighted by Gasteiger charge is -2.21. The molecule has 7 nitrogen and oxygen atoms in total. The van der Waals surface area contributed by atoms with Gasteiger partial charge in [0.15, 0.2) is 0 Å². The van der Waals surface area contributed by atoms with Crippen LogP contribution in [0.5, 0.6) is 11.5 Å². The highest BCUT2D eigenvalue weighted by atomic mass is 16.5. The molecule has 2 aromatic carbocycles. The van der Waals surface area contributed by atoms with Crippen LogP contribution in [0, 0.1) is 0 Å². The van der Waals surface area contributed by atoms with Crippen LogP contribution in [0.3, 0.4) is 0 Å². The Hall–Kier alpha value is -3.06. The van der Waals surface area contributed by atoms with E-state index in [0.29, 0.717) is 31.0 Å². The number of nitrogens with two attached hydrogens (primary N) is 1. The largest absolute Gasteiger partial charge is 0.492 e. The van der Waals surface area contributed by atoms with E-state index in [0.717, 1.165) is 16.9 Å². The number of rotatable bonds is 7. The molecule has 0 spiro atoms. The summed E-state index contributed by atoms with van der Waals surface area (Å²) in [6, 6.07) is 13.0. The fourth-order valence-corrected chi connectivity index (χ4v) is 3.14. The summed E-state index contributed by atoms with van der Waals surface area (Å²) in [5.74, 6) is 0.0981. The van der Waals surface area contributed by atoms with Crippen LogP contribution in [0.1, 0.15) is 23.7 Å². The average molecular weight is 384 g/mol. The number of benzene rings is 2. The second kappa shape index (κ2) is 8.75. The van der Waals surface area contributed by atoms with Gasteiger partial charge in [0, 0.05) is 13.1 Å². The summed E-state index contributed by atoms with van der Waals surface area (Å²) in [6.07, 6.45) is -0.318. The fraction of sp³-hybridized carbons (Fsp3) is 0.333. The Morgan fingerprint density at radius 1 is 1.25 bits per heavy atom. The van der Waals surface area contributed by atoms with Gasteiger partial charge in [0.1, 0.15) is 24.2 Å². The molecule has 3 N–H and O–H groups in total. The number of carbonyl (C=O) groups excluding carboxylic acids is 1. The summed E-state index contributed by atoms with van der Waals surface area (Å²) in [5, 5.41) is 8.94. The first-order valence-corrected chi connectivity index (χ1v) is 9.23. The number of amides is 1. The summed E-state index contributed by atoms with van der Waals surface area (Å²) in [7, 11) is 0. The zero-order chi connectivity index (χ0) is 20.1. The van der Waals surface area contributed by atoms with E-state index in [9.17, 15) is 9.59 Å². The molecule has 1 atom stereocenters. The van der Waals surface area contributed by atoms with Gasteiger partial charge in [-0.1, -0.05) is 18.2 Å². The second-order valence-electron chi connectivity index (χ2n) is 6.70. The van der Waals surface area contributed by atoms with Crippen molar-refractivity contribution in [3.8, 4) is 22.6 Å². The van der Waals surface area contributed by atoms with Crippen molar-refractivity contribution in [2.75, 3.05) is 26.2 Å². The molecule has 7 heteroatoms. The molecule has 0 radical (unpaired) electrons. The number of aliphatic carboxylic acids is 1. The van der Waals surface area contributed by atoms with Crippen molar-refractivity contribution in [2.45, 2.75) is 19.4 Å². The number of hydrogen-bond donors (Lipinski definition) is 2. The van der Waals surface area contributed by atoms with E-state index in [1.54, 1.807) is 12.1 Å². The Morgan fingerprint density at radius 3 is 2.64 bits per heavy atom. The lowest BCUT2D eigenvalue weighted by molar-refractivity contribution is -0.137. The zero-order valence-electron chi connectivity index (χ0n) is 15.8. The van der Waals surface area contributed by atoms with Gasteiger partial charge in [0.25, 0.3) is 5.91 Å². The van der Waals surface area contributed by atoms with E-state index in [2.05, 4.69) is 0 Å². The summed E-state index contributed by atoms with van der Waals surface area (Å²) >= 11 is 0. The third-order valence-electron chi connectivity index (χ3n) is 4.47. The van der Waals surface area contributed by atoms with Crippen LogP contribution in [0.2, 0.25) is 0 Å². The topological polar surface area (TPSA) is 102 Å². The van der Waals surface area contributed by atoms with Crippen LogP contribution < -0.4 is 15.2 Å². The summed E-state index contributed by atoms with van der Waals surface area (Å²) in [4.78, 5) is 25.4. The third-order valence-corrected chi connectivity index (χ3v) is 4.47. The van der Waals surface area contributed by atoms with Crippen molar-refractivity contribution in [2.24, 2.45) is 5.73 Å². The van der Waals surface area contributed by atoms with E-state index in [1.807, 2.05) is 37.3 Å². The number of fused-ring (bicyclic) bond motifs is 1. The van der Waals surface area contributed by atoms with Crippen LogP contribution in [0.25, 0.3) is 11.1 Å². The minimum absolute atomic E-state index is 0.0995. The van der Waals surface area contributed by atoms with Crippen molar-refractivity contribution in [1.29, 1.82) is 0 Å². The van der Waals surface area contributed by atoms with Gasteiger partial charge in [-0.05, 0) is 42.3 Å². The number of ether oxygens (including phenoxy) is 2. The summed E-state index contributed by atoms with van der Waals surface area (Å²) in [5.41, 5.74) is 7.69. The number of hydrogen-bond acceptors (Lipinski definition) is 5. The molecular formula is C21H24N2O5. The van der Waals surface area contributed by atoms with Crippen LogP contribution >= 0.6 is 0 Å². The SMILES string of the molecule is CC1CN(CCC(=O)O)C(=O)c2cc(-c3ccc(OCCN)cc3)ccc2O1. The number of nitrogens with zero attached hydrogens (tertiary/aromatic N) is 1. The Kier molecular flexibility index (Phi) is 6.16. The molecule has 1 heterocycles. The number of carboxylic acid groups (broad SMARTS) is 1. The summed E-state index contributed by atoms with van der Waals surface area (Å²) < 4.78 is 11.4. The molecule has 0 saturated heterocycles. The molecule has 3 rings (SSSR count). The standard InChI is InChI=1S/C21H24N2O5/c1-14-13-23(10-8-20(24)25)21(26)18-12-16(4-7-19(18)28-14)15-2-5-17(6-3-15)27-11-9-22/h2-7,12,14H,8-11,13,22H2,1H3,(H,24,25). The van der Waals surface area contributed by atoms with Crippen LogP contribution in [-0.4, -0.2) is 54.2 Å². The summed E-state index contributed by atoms with van der Waals surface area (Å²) in [6.45, 7) is 3.27. The van der Waals surface area contributed by atoms with Gasteiger partial charge in [-0.25, -0.2) is 0 Å². The minimum Gasteiger partial charge on any atom is -0.492 e. The van der Waals surface area contributed by atoms with Crippen LogP contribution in [0.15, 0.2) is 42.5 Å². The van der Waals surface area contributed by atoms with Crippen molar-refractivity contribution >= 4 is 11.9 Å². The highest BCUT2D eigenvalue weighted by molar-refractivity contribution is 5.98. The molecule has 148 valence electrons. The van der Waals surface area contributed by atoms with Gasteiger partial charge < -0.3 is 25.2 Å². The van der Waals surface area contributed by atoms with E-state index < -0.39 is 5.97 Å². The minimum atomic E-state index is -0.934. The van der Waals surface area contributed by atoms with Gasteiger partial charge in [0.2, 0.25) is 0 Å². The average Bonchev–Trinajstić information content (AvgIpc) is 2.81. The molecule has 1 amide bonds. The molecule has 0 fully saturated rings. The van der Waals surface area contributed by atoms with Gasteiger partial charge >= 0.3 is 5.97 Å². The molecule has 0 aromatic heterocycles. The molecular weight excluding hydrogens is 360 g/mol. The lowest BCUT2D eigenvalue weighted by atomic mass is 10.0. The maximum Gasteiger partial charge on any atom is 0.305 e. The maximum absolute atomic E-state index is 13.0. The van der Waals surface area contributed by atoms with Gasteiger partial charge in [0.05, 0.1) is 18.5 Å². The quantitative estimate of drug-likeness (QED) is 0.760. The van der Waals surface area contributed by atoms with Crippen molar-refractivity contribution in [3.05, 3.63) is 48.0 Å². The van der Waals surface area contributed by atoms with E-state index in [1.165, 1.54) is 4.90 Å². The Balaban J connectivity index is 1.87. The first-order valence-electron chi connectivity index (χ1n) is 9.23. The van der Waals surface area contributed by atoms with Crippen molar-refractivity contribution in [1.82, 2.24) is 4.90 Å². The first-order chi connectivity index (χ1) is 13.5. The third kappa shape index (κ3) is 4.61.